The van der Waals surface area contributed by atoms with Gasteiger partial charge in [0, 0.05) is 20.8 Å². The summed E-state index contributed by atoms with van der Waals surface area (Å²) < 4.78 is 0. The maximum atomic E-state index is 11.7. The molecule has 0 fully saturated rings. The number of aromatic amines is 1. The Hall–Kier alpha value is -1.91. The van der Waals surface area contributed by atoms with Crippen LogP contribution in [0.1, 0.15) is 21.6 Å². The number of carbonyl (C=O) groups is 1. The molecule has 3 N–H and O–H groups in total. The molecule has 0 spiro atoms. The molecule has 2 aromatic carbocycles. The quantitative estimate of drug-likeness (QED) is 0.732. The first-order valence-corrected chi connectivity index (χ1v) is 8.00. The van der Waals surface area contributed by atoms with Crippen molar-refractivity contribution in [1.29, 1.82) is 0 Å². The molecule has 0 unspecified atom stereocenters. The summed E-state index contributed by atoms with van der Waals surface area (Å²) in [5.74, 6) is -0.473. The molecule has 0 aliphatic carbocycles. The number of rotatable bonds is 3. The minimum Gasteiger partial charge on any atom is -0.364 e. The number of halogens is 1. The summed E-state index contributed by atoms with van der Waals surface area (Å²) in [6.45, 7) is 4.11. The molecule has 1 heterocycles. The van der Waals surface area contributed by atoms with Crippen LogP contribution in [0.25, 0.3) is 10.9 Å². The number of nitrogens with one attached hydrogen (secondary N) is 1. The first kappa shape index (κ1) is 15.0. The predicted octanol–water partition coefficient (Wildman–Crippen LogP) is 4.69. The molecule has 0 aliphatic rings. The number of carbonyl (C=O) groups excluding carboxylic acids is 1. The van der Waals surface area contributed by atoms with Crippen LogP contribution in [0.2, 0.25) is 5.02 Å². The highest BCUT2D eigenvalue weighted by Gasteiger charge is 2.17. The Bertz CT molecular complexity index is 865. The van der Waals surface area contributed by atoms with E-state index in [1.165, 1.54) is 22.9 Å². The monoisotopic (exact) mass is 330 g/mol. The van der Waals surface area contributed by atoms with E-state index in [1.54, 1.807) is 6.07 Å². The lowest BCUT2D eigenvalue weighted by Gasteiger charge is -2.06. The van der Waals surface area contributed by atoms with Gasteiger partial charge in [0.2, 0.25) is 0 Å². The molecule has 0 bridgehead atoms. The number of amides is 1. The number of aromatic nitrogens is 1. The number of benzene rings is 2. The van der Waals surface area contributed by atoms with Gasteiger partial charge in [0.1, 0.15) is 5.69 Å². The van der Waals surface area contributed by atoms with Crippen molar-refractivity contribution in [3.8, 4) is 0 Å². The average molecular weight is 331 g/mol. The summed E-state index contributed by atoms with van der Waals surface area (Å²) in [6.07, 6.45) is 0. The Morgan fingerprint density at radius 1 is 1.14 bits per heavy atom. The van der Waals surface area contributed by atoms with E-state index in [1.807, 2.05) is 12.1 Å². The maximum Gasteiger partial charge on any atom is 0.266 e. The van der Waals surface area contributed by atoms with Gasteiger partial charge in [0.25, 0.3) is 5.91 Å². The molecule has 0 radical (unpaired) electrons. The van der Waals surface area contributed by atoms with Crippen molar-refractivity contribution >= 4 is 40.2 Å². The number of nitrogens with two attached hydrogens (primary N) is 1. The van der Waals surface area contributed by atoms with E-state index >= 15 is 0 Å². The minimum absolute atomic E-state index is 0.418. The maximum absolute atomic E-state index is 11.7. The zero-order chi connectivity index (χ0) is 15.9. The zero-order valence-electron chi connectivity index (χ0n) is 12.2. The molecule has 0 atom stereocenters. The minimum atomic E-state index is -0.473. The highest BCUT2D eigenvalue weighted by Crippen LogP contribution is 2.38. The summed E-state index contributed by atoms with van der Waals surface area (Å²) in [6, 6.07) is 11.8. The van der Waals surface area contributed by atoms with Crippen molar-refractivity contribution in [2.45, 2.75) is 23.6 Å². The van der Waals surface area contributed by atoms with Crippen molar-refractivity contribution in [1.82, 2.24) is 4.98 Å². The van der Waals surface area contributed by atoms with Crippen LogP contribution in [0, 0.1) is 13.8 Å². The van der Waals surface area contributed by atoms with E-state index in [0.29, 0.717) is 10.7 Å². The largest absolute Gasteiger partial charge is 0.364 e. The molecule has 0 aliphatic heterocycles. The van der Waals surface area contributed by atoms with E-state index in [4.69, 9.17) is 17.3 Å². The van der Waals surface area contributed by atoms with E-state index in [9.17, 15) is 4.79 Å². The third-order valence-electron chi connectivity index (χ3n) is 3.37. The van der Waals surface area contributed by atoms with Gasteiger partial charge in [-0.25, -0.2) is 0 Å². The van der Waals surface area contributed by atoms with Crippen molar-refractivity contribution in [3.63, 3.8) is 0 Å². The fourth-order valence-corrected chi connectivity index (χ4v) is 3.96. The van der Waals surface area contributed by atoms with Crippen LogP contribution < -0.4 is 5.73 Å². The lowest BCUT2D eigenvalue weighted by Crippen LogP contribution is -2.12. The number of hydrogen-bond donors (Lipinski definition) is 2. The Balaban J connectivity index is 2.17. The van der Waals surface area contributed by atoms with Gasteiger partial charge >= 0.3 is 0 Å². The highest BCUT2D eigenvalue weighted by atomic mass is 35.5. The van der Waals surface area contributed by atoms with Crippen molar-refractivity contribution in [2.24, 2.45) is 5.73 Å². The van der Waals surface area contributed by atoms with Gasteiger partial charge < -0.3 is 10.7 Å². The second-order valence-corrected chi connectivity index (χ2v) is 6.83. The van der Waals surface area contributed by atoms with E-state index in [2.05, 4.69) is 37.0 Å². The highest BCUT2D eigenvalue weighted by molar-refractivity contribution is 7.99. The second kappa shape index (κ2) is 5.71. The molecule has 0 saturated heterocycles. The number of aryl methyl sites for hydroxylation is 2. The Kier molecular flexibility index (Phi) is 3.89. The first-order chi connectivity index (χ1) is 10.4. The van der Waals surface area contributed by atoms with Gasteiger partial charge in [0.15, 0.2) is 0 Å². The Morgan fingerprint density at radius 3 is 2.45 bits per heavy atom. The van der Waals surface area contributed by atoms with E-state index in [0.717, 1.165) is 20.7 Å². The lowest BCUT2D eigenvalue weighted by atomic mass is 10.2. The van der Waals surface area contributed by atoms with Crippen LogP contribution in [0.3, 0.4) is 0 Å². The number of primary amides is 1. The third-order valence-corrected chi connectivity index (χ3v) is 4.71. The van der Waals surface area contributed by atoms with Gasteiger partial charge in [-0.2, -0.15) is 0 Å². The van der Waals surface area contributed by atoms with Gasteiger partial charge in [0.05, 0.1) is 4.90 Å². The number of fused-ring (bicyclic) bond motifs is 1. The Labute approximate surface area is 137 Å². The summed E-state index contributed by atoms with van der Waals surface area (Å²) in [5, 5.41) is 1.54. The fraction of sp³-hybridized carbons (Fsp3) is 0.118. The Morgan fingerprint density at radius 2 is 1.82 bits per heavy atom. The summed E-state index contributed by atoms with van der Waals surface area (Å²) >= 11 is 7.62. The topological polar surface area (TPSA) is 58.9 Å². The predicted molar refractivity (Wildman–Crippen MR) is 91.9 cm³/mol. The molecule has 22 heavy (non-hydrogen) atoms. The number of hydrogen-bond acceptors (Lipinski definition) is 2. The lowest BCUT2D eigenvalue weighted by molar-refractivity contribution is 0.0993. The molecule has 112 valence electrons. The van der Waals surface area contributed by atoms with E-state index in [-0.39, 0.29) is 0 Å². The molecule has 0 saturated carbocycles. The van der Waals surface area contributed by atoms with Gasteiger partial charge in [-0.05, 0) is 55.3 Å². The van der Waals surface area contributed by atoms with Crippen LogP contribution in [0.4, 0.5) is 0 Å². The molecule has 3 rings (SSSR count). The third kappa shape index (κ3) is 2.85. The molecule has 3 nitrogen and oxygen atoms in total. The van der Waals surface area contributed by atoms with Crippen LogP contribution >= 0.6 is 23.4 Å². The summed E-state index contributed by atoms with van der Waals surface area (Å²) in [5.41, 5.74) is 9.15. The van der Waals surface area contributed by atoms with Gasteiger partial charge in [-0.1, -0.05) is 29.4 Å². The zero-order valence-corrected chi connectivity index (χ0v) is 13.8. The second-order valence-electron chi connectivity index (χ2n) is 5.31. The first-order valence-electron chi connectivity index (χ1n) is 6.81. The van der Waals surface area contributed by atoms with Crippen LogP contribution in [-0.2, 0) is 0 Å². The van der Waals surface area contributed by atoms with Crippen LogP contribution in [0.5, 0.6) is 0 Å². The molecule has 1 amide bonds. The van der Waals surface area contributed by atoms with Crippen molar-refractivity contribution < 1.29 is 4.79 Å². The number of H-pyrrole nitrogens is 1. The molecule has 1 aromatic heterocycles. The SMILES string of the molecule is Cc1cc(C)cc(Sc2c(C(N)=O)[nH]c3ccc(Cl)cc23)c1. The van der Waals surface area contributed by atoms with Gasteiger partial charge in [-0.15, -0.1) is 0 Å². The smallest absolute Gasteiger partial charge is 0.266 e. The molecule has 5 heteroatoms. The molecular formula is C17H15ClN2OS. The summed E-state index contributed by atoms with van der Waals surface area (Å²) in [4.78, 5) is 16.7. The standard InChI is InChI=1S/C17H15ClN2OS/c1-9-5-10(2)7-12(6-9)22-16-13-8-11(18)3-4-14(13)20-15(16)17(19)21/h3-8,20H,1-2H3,(H2,19,21). The van der Waals surface area contributed by atoms with Crippen molar-refractivity contribution in [2.75, 3.05) is 0 Å². The normalized spacial score (nSPS) is 11.0. The van der Waals surface area contributed by atoms with Gasteiger partial charge in [-0.3, -0.25) is 4.79 Å². The molecule has 3 aromatic rings. The average Bonchev–Trinajstić information content (AvgIpc) is 2.76. The van der Waals surface area contributed by atoms with E-state index < -0.39 is 5.91 Å². The van der Waals surface area contributed by atoms with Crippen molar-refractivity contribution in [3.05, 3.63) is 58.2 Å². The van der Waals surface area contributed by atoms with Crippen LogP contribution in [-0.4, -0.2) is 10.9 Å². The summed E-state index contributed by atoms with van der Waals surface area (Å²) in [7, 11) is 0. The fourth-order valence-electron chi connectivity index (χ4n) is 2.53. The van der Waals surface area contributed by atoms with Crippen LogP contribution in [0.15, 0.2) is 46.2 Å². The molecular weight excluding hydrogens is 316 g/mol.